The van der Waals surface area contributed by atoms with Crippen molar-refractivity contribution in [2.75, 3.05) is 0 Å². The van der Waals surface area contributed by atoms with Crippen LogP contribution in [-0.2, 0) is 25.7 Å². The van der Waals surface area contributed by atoms with Crippen LogP contribution in [0.4, 0.5) is 0 Å². The lowest BCUT2D eigenvalue weighted by molar-refractivity contribution is 0.919. The molecule has 0 saturated carbocycles. The number of hydrogen-bond acceptors (Lipinski definition) is 2. The molecule has 0 heterocycles. The third kappa shape index (κ3) is 6.49. The molecule has 0 bridgehead atoms. The van der Waals surface area contributed by atoms with Gasteiger partial charge in [0.25, 0.3) is 0 Å². The highest BCUT2D eigenvalue weighted by Gasteiger charge is 1.95. The van der Waals surface area contributed by atoms with Gasteiger partial charge in [0.1, 0.15) is 0 Å². The van der Waals surface area contributed by atoms with Gasteiger partial charge in [0.05, 0.1) is 0 Å². The molecule has 0 spiro atoms. The number of benzene rings is 2. The molecule has 0 fully saturated rings. The summed E-state index contributed by atoms with van der Waals surface area (Å²) in [5.41, 5.74) is 5.40. The Bertz CT molecular complexity index is 612. The van der Waals surface area contributed by atoms with Crippen LogP contribution in [0, 0.1) is 0 Å². The monoisotopic (exact) mass is 320 g/mol. The average molecular weight is 320 g/mol. The molecule has 0 aliphatic heterocycles. The Labute approximate surface area is 146 Å². The Morgan fingerprint density at radius 2 is 1.08 bits per heavy atom. The quantitative estimate of drug-likeness (QED) is 0.434. The van der Waals surface area contributed by atoms with Gasteiger partial charge in [-0.1, -0.05) is 75.2 Å². The maximum atomic E-state index is 4.16. The fourth-order valence-corrected chi connectivity index (χ4v) is 2.79. The van der Waals surface area contributed by atoms with Crippen molar-refractivity contribution in [3.8, 4) is 0 Å². The number of rotatable bonds is 9. The van der Waals surface area contributed by atoms with Gasteiger partial charge in [-0.05, 0) is 35.1 Å². The van der Waals surface area contributed by atoms with Crippen LogP contribution in [-0.4, -0.2) is 12.4 Å². The topological polar surface area (TPSA) is 24.7 Å². The van der Waals surface area contributed by atoms with Gasteiger partial charge in [-0.3, -0.25) is 0 Å². The molecule has 0 saturated heterocycles. The van der Waals surface area contributed by atoms with E-state index < -0.39 is 0 Å². The predicted molar refractivity (Wildman–Crippen MR) is 105 cm³/mol. The molecule has 2 nitrogen and oxygen atoms in total. The van der Waals surface area contributed by atoms with Crippen molar-refractivity contribution in [2.24, 2.45) is 10.2 Å². The standard InChI is InChI=1S/C22H28N2/c1-3-7-19-9-5-11-21(17-19)13-15-23-24-16-14-22-12-6-10-20(18-22)8-4-2/h5-6,9-12,15-18H,3-4,7-8,13-14H2,1-2H3/b23-15+,24-16+. The van der Waals surface area contributed by atoms with Crippen molar-refractivity contribution in [2.45, 2.75) is 52.4 Å². The van der Waals surface area contributed by atoms with E-state index in [1.807, 2.05) is 12.4 Å². The van der Waals surface area contributed by atoms with Gasteiger partial charge in [-0.25, -0.2) is 0 Å². The van der Waals surface area contributed by atoms with E-state index in [2.05, 4.69) is 72.6 Å². The summed E-state index contributed by atoms with van der Waals surface area (Å²) >= 11 is 0. The molecule has 2 aromatic rings. The molecular formula is C22H28N2. The van der Waals surface area contributed by atoms with Crippen LogP contribution in [0.5, 0.6) is 0 Å². The Kier molecular flexibility index (Phi) is 7.96. The lowest BCUT2D eigenvalue weighted by Crippen LogP contribution is -1.90. The summed E-state index contributed by atoms with van der Waals surface area (Å²) in [6, 6.07) is 17.4. The Balaban J connectivity index is 1.80. The molecule has 0 N–H and O–H groups in total. The lowest BCUT2D eigenvalue weighted by Gasteiger charge is -2.01. The zero-order chi connectivity index (χ0) is 17.0. The molecule has 0 aliphatic carbocycles. The Morgan fingerprint density at radius 1 is 0.667 bits per heavy atom. The fourth-order valence-electron chi connectivity index (χ4n) is 2.79. The smallest absolute Gasteiger partial charge is 0.0313 e. The Hall–Kier alpha value is -2.22. The highest BCUT2D eigenvalue weighted by Crippen LogP contribution is 2.08. The van der Waals surface area contributed by atoms with Crippen LogP contribution in [0.15, 0.2) is 58.7 Å². The molecule has 2 rings (SSSR count). The largest absolute Gasteiger partial charge is 0.164 e. The summed E-state index contributed by atoms with van der Waals surface area (Å²) in [7, 11) is 0. The first-order valence-electron chi connectivity index (χ1n) is 9.00. The third-order valence-electron chi connectivity index (χ3n) is 3.94. The molecule has 0 aromatic heterocycles. The first-order valence-corrected chi connectivity index (χ1v) is 9.00. The van der Waals surface area contributed by atoms with Gasteiger partial charge in [-0.2, -0.15) is 10.2 Å². The van der Waals surface area contributed by atoms with Crippen LogP contribution in [0.3, 0.4) is 0 Å². The van der Waals surface area contributed by atoms with Gasteiger partial charge in [0.15, 0.2) is 0 Å². The summed E-state index contributed by atoms with van der Waals surface area (Å²) in [4.78, 5) is 0. The van der Waals surface area contributed by atoms with Gasteiger partial charge < -0.3 is 0 Å². The van der Waals surface area contributed by atoms with Crippen LogP contribution in [0.25, 0.3) is 0 Å². The minimum absolute atomic E-state index is 0.834. The minimum Gasteiger partial charge on any atom is -0.164 e. The molecule has 0 radical (unpaired) electrons. The van der Waals surface area contributed by atoms with Gasteiger partial charge in [0, 0.05) is 25.3 Å². The van der Waals surface area contributed by atoms with E-state index in [1.54, 1.807) is 0 Å². The zero-order valence-electron chi connectivity index (χ0n) is 14.9. The van der Waals surface area contributed by atoms with Crippen molar-refractivity contribution in [3.05, 3.63) is 70.8 Å². The van der Waals surface area contributed by atoms with Crippen molar-refractivity contribution in [1.82, 2.24) is 0 Å². The fraction of sp³-hybridized carbons (Fsp3) is 0.364. The lowest BCUT2D eigenvalue weighted by atomic mass is 10.1. The molecule has 126 valence electrons. The number of nitrogens with zero attached hydrogens (tertiary/aromatic N) is 2. The van der Waals surface area contributed by atoms with E-state index in [0.29, 0.717) is 0 Å². The molecule has 24 heavy (non-hydrogen) atoms. The maximum Gasteiger partial charge on any atom is 0.0313 e. The maximum absolute atomic E-state index is 4.16. The van der Waals surface area contributed by atoms with Crippen molar-refractivity contribution in [3.63, 3.8) is 0 Å². The summed E-state index contributed by atoms with van der Waals surface area (Å²) in [5, 5.41) is 8.32. The molecule has 0 atom stereocenters. The summed E-state index contributed by atoms with van der Waals surface area (Å²) < 4.78 is 0. The molecular weight excluding hydrogens is 292 g/mol. The van der Waals surface area contributed by atoms with E-state index >= 15 is 0 Å². The van der Waals surface area contributed by atoms with Gasteiger partial charge in [-0.15, -0.1) is 0 Å². The van der Waals surface area contributed by atoms with E-state index in [9.17, 15) is 0 Å². The first kappa shape index (κ1) is 18.1. The molecule has 2 heteroatoms. The minimum atomic E-state index is 0.834. The van der Waals surface area contributed by atoms with Crippen LogP contribution < -0.4 is 0 Å². The van der Waals surface area contributed by atoms with Crippen molar-refractivity contribution >= 4 is 12.4 Å². The van der Waals surface area contributed by atoms with Gasteiger partial charge in [0.2, 0.25) is 0 Å². The van der Waals surface area contributed by atoms with Gasteiger partial charge >= 0.3 is 0 Å². The second kappa shape index (κ2) is 10.5. The Morgan fingerprint density at radius 3 is 1.50 bits per heavy atom. The second-order valence-corrected chi connectivity index (χ2v) is 6.14. The normalized spacial score (nSPS) is 11.6. The summed E-state index contributed by atoms with van der Waals surface area (Å²) in [5.74, 6) is 0. The molecule has 2 aromatic carbocycles. The number of aryl methyl sites for hydroxylation is 2. The highest BCUT2D eigenvalue weighted by molar-refractivity contribution is 5.65. The van der Waals surface area contributed by atoms with E-state index in [1.165, 1.54) is 35.1 Å². The van der Waals surface area contributed by atoms with Crippen LogP contribution >= 0.6 is 0 Å². The van der Waals surface area contributed by atoms with Crippen molar-refractivity contribution in [1.29, 1.82) is 0 Å². The average Bonchev–Trinajstić information content (AvgIpc) is 2.59. The third-order valence-corrected chi connectivity index (χ3v) is 3.94. The first-order chi connectivity index (χ1) is 11.8. The number of hydrogen-bond donors (Lipinski definition) is 0. The second-order valence-electron chi connectivity index (χ2n) is 6.14. The summed E-state index contributed by atoms with van der Waals surface area (Å²) in [6.07, 6.45) is 10.1. The van der Waals surface area contributed by atoms with Crippen molar-refractivity contribution < 1.29 is 0 Å². The zero-order valence-corrected chi connectivity index (χ0v) is 14.9. The SMILES string of the molecule is CCCc1cccc(C/C=N/N=C/Cc2cccc(CCC)c2)c1. The molecule has 0 aliphatic rings. The van der Waals surface area contributed by atoms with E-state index in [4.69, 9.17) is 0 Å². The van der Waals surface area contributed by atoms with Crippen LogP contribution in [0.1, 0.15) is 48.9 Å². The van der Waals surface area contributed by atoms with E-state index in [0.717, 1.165) is 25.7 Å². The summed E-state index contributed by atoms with van der Waals surface area (Å²) in [6.45, 7) is 4.42. The molecule has 0 amide bonds. The predicted octanol–water partition coefficient (Wildman–Crippen LogP) is 5.43. The molecule has 0 unspecified atom stereocenters. The van der Waals surface area contributed by atoms with E-state index in [-0.39, 0.29) is 0 Å². The van der Waals surface area contributed by atoms with Crippen LogP contribution in [0.2, 0.25) is 0 Å². The highest BCUT2D eigenvalue weighted by atomic mass is 15.2.